The van der Waals surface area contributed by atoms with Gasteiger partial charge < -0.3 is 4.74 Å². The van der Waals surface area contributed by atoms with Crippen molar-refractivity contribution in [3.05, 3.63) is 0 Å². The van der Waals surface area contributed by atoms with Crippen LogP contribution in [0.5, 0.6) is 0 Å². The average Bonchev–Trinajstić information content (AvgIpc) is 1.83. The van der Waals surface area contributed by atoms with E-state index in [2.05, 4.69) is 19.6 Å². The summed E-state index contributed by atoms with van der Waals surface area (Å²) < 4.78 is 4.85. The van der Waals surface area contributed by atoms with E-state index < -0.39 is 14.0 Å². The highest BCUT2D eigenvalue weighted by molar-refractivity contribution is 6.76. The normalized spacial score (nSPS) is 10.4. The number of nitrogens with zero attached hydrogens (tertiary/aromatic N) is 1. The first kappa shape index (κ1) is 10.2. The molecule has 0 aromatic carbocycles. The van der Waals surface area contributed by atoms with Crippen molar-refractivity contribution in [1.29, 1.82) is 5.26 Å². The number of hydrogen-bond donors (Lipinski definition) is 0. The van der Waals surface area contributed by atoms with Crippen molar-refractivity contribution in [2.24, 2.45) is 0 Å². The minimum absolute atomic E-state index is 0.134. The Balaban J connectivity index is 3.57. The standard InChI is InChI=1S/C7H13NO2Si/c1-11(2,3)6-10-7(9)4-5-8/h4,6H2,1-3H3. The van der Waals surface area contributed by atoms with Gasteiger partial charge in [-0.3, -0.25) is 4.79 Å². The molecule has 0 saturated heterocycles. The van der Waals surface area contributed by atoms with E-state index in [1.165, 1.54) is 0 Å². The summed E-state index contributed by atoms with van der Waals surface area (Å²) in [5.41, 5.74) is 0. The molecule has 0 saturated carbocycles. The topological polar surface area (TPSA) is 50.1 Å². The summed E-state index contributed by atoms with van der Waals surface area (Å²) in [6.45, 7) is 6.31. The SMILES string of the molecule is C[Si](C)(C)COC(=O)CC#N. The summed E-state index contributed by atoms with van der Waals surface area (Å²) >= 11 is 0. The van der Waals surface area contributed by atoms with E-state index in [-0.39, 0.29) is 6.42 Å². The van der Waals surface area contributed by atoms with Gasteiger partial charge >= 0.3 is 5.97 Å². The van der Waals surface area contributed by atoms with E-state index in [9.17, 15) is 4.79 Å². The lowest BCUT2D eigenvalue weighted by Gasteiger charge is -2.14. The Hall–Kier alpha value is -0.823. The Morgan fingerprint density at radius 3 is 2.45 bits per heavy atom. The number of hydrogen-bond acceptors (Lipinski definition) is 3. The van der Waals surface area contributed by atoms with Crippen molar-refractivity contribution >= 4 is 14.0 Å². The van der Waals surface area contributed by atoms with Crippen LogP contribution < -0.4 is 0 Å². The largest absolute Gasteiger partial charge is 0.469 e. The van der Waals surface area contributed by atoms with E-state index in [1.807, 2.05) is 0 Å². The van der Waals surface area contributed by atoms with Crippen molar-refractivity contribution in [2.45, 2.75) is 26.1 Å². The van der Waals surface area contributed by atoms with E-state index >= 15 is 0 Å². The van der Waals surface area contributed by atoms with Crippen LogP contribution in [0.2, 0.25) is 19.6 Å². The maximum absolute atomic E-state index is 10.7. The predicted molar refractivity (Wildman–Crippen MR) is 44.5 cm³/mol. The van der Waals surface area contributed by atoms with E-state index in [0.29, 0.717) is 6.23 Å². The maximum Gasteiger partial charge on any atom is 0.319 e. The fraction of sp³-hybridized carbons (Fsp3) is 0.714. The molecule has 62 valence electrons. The lowest BCUT2D eigenvalue weighted by molar-refractivity contribution is -0.140. The second-order valence-corrected chi connectivity index (χ2v) is 8.97. The summed E-state index contributed by atoms with van der Waals surface area (Å²) in [5.74, 6) is -0.407. The maximum atomic E-state index is 10.7. The van der Waals surface area contributed by atoms with Crippen LogP contribution in [0.15, 0.2) is 0 Å². The molecule has 11 heavy (non-hydrogen) atoms. The number of carbonyl (C=O) groups is 1. The third kappa shape index (κ3) is 7.07. The van der Waals surface area contributed by atoms with Gasteiger partial charge in [0.2, 0.25) is 0 Å². The fourth-order valence-corrected chi connectivity index (χ4v) is 1.01. The summed E-state index contributed by atoms with van der Waals surface area (Å²) in [7, 11) is -1.30. The highest BCUT2D eigenvalue weighted by Gasteiger charge is 2.15. The average molecular weight is 171 g/mol. The lowest BCUT2D eigenvalue weighted by atomic mass is 10.5. The second-order valence-electron chi connectivity index (χ2n) is 3.56. The van der Waals surface area contributed by atoms with Crippen LogP contribution in [-0.2, 0) is 9.53 Å². The van der Waals surface area contributed by atoms with Crippen LogP contribution in [0.4, 0.5) is 0 Å². The van der Waals surface area contributed by atoms with Gasteiger partial charge in [-0.15, -0.1) is 0 Å². The first-order chi connectivity index (χ1) is 4.95. The molecule has 0 aliphatic carbocycles. The summed E-state index contributed by atoms with van der Waals surface area (Å²) in [6, 6.07) is 1.74. The van der Waals surface area contributed by atoms with E-state index in [0.717, 1.165) is 0 Å². The molecule has 0 rings (SSSR count). The molecule has 0 fully saturated rings. The van der Waals surface area contributed by atoms with Gasteiger partial charge in [-0.25, -0.2) is 0 Å². The molecule has 0 aromatic heterocycles. The van der Waals surface area contributed by atoms with Crippen molar-refractivity contribution in [3.8, 4) is 6.07 Å². The first-order valence-electron chi connectivity index (χ1n) is 3.48. The fourth-order valence-electron chi connectivity index (χ4n) is 0.413. The van der Waals surface area contributed by atoms with Crippen molar-refractivity contribution in [3.63, 3.8) is 0 Å². The smallest absolute Gasteiger partial charge is 0.319 e. The zero-order valence-corrected chi connectivity index (χ0v) is 8.18. The van der Waals surface area contributed by atoms with Gasteiger partial charge in [0.25, 0.3) is 0 Å². The molecule has 0 aromatic rings. The van der Waals surface area contributed by atoms with Gasteiger partial charge in [0.15, 0.2) is 0 Å². The van der Waals surface area contributed by atoms with Gasteiger partial charge in [-0.2, -0.15) is 5.26 Å². The van der Waals surface area contributed by atoms with Crippen LogP contribution in [0.25, 0.3) is 0 Å². The number of esters is 1. The molecule has 0 heterocycles. The second kappa shape index (κ2) is 4.14. The summed E-state index contributed by atoms with van der Waals surface area (Å²) in [6.07, 6.45) is 0.373. The zero-order valence-electron chi connectivity index (χ0n) is 7.18. The lowest BCUT2D eigenvalue weighted by Crippen LogP contribution is -2.29. The summed E-state index contributed by atoms with van der Waals surface area (Å²) in [5, 5.41) is 8.13. The van der Waals surface area contributed by atoms with Crippen molar-refractivity contribution in [1.82, 2.24) is 0 Å². The highest BCUT2D eigenvalue weighted by atomic mass is 28.3. The molecular formula is C7H13NO2Si. The number of nitriles is 1. The molecule has 0 radical (unpaired) electrons. The molecule has 0 bridgehead atoms. The molecule has 0 unspecified atom stereocenters. The van der Waals surface area contributed by atoms with Gasteiger partial charge in [0.05, 0.1) is 20.4 Å². The van der Waals surface area contributed by atoms with Crippen LogP contribution in [0.3, 0.4) is 0 Å². The Labute approximate surface area is 68.0 Å². The van der Waals surface area contributed by atoms with E-state index in [1.54, 1.807) is 6.07 Å². The molecule has 4 heteroatoms. The van der Waals surface area contributed by atoms with Gasteiger partial charge in [0.1, 0.15) is 6.42 Å². The molecule has 0 aliphatic heterocycles. The third-order valence-corrected chi connectivity index (χ3v) is 1.90. The van der Waals surface area contributed by atoms with Crippen LogP contribution in [0.1, 0.15) is 6.42 Å². The number of carbonyl (C=O) groups excluding carboxylic acids is 1. The van der Waals surface area contributed by atoms with Crippen LogP contribution in [0, 0.1) is 11.3 Å². The molecular weight excluding hydrogens is 158 g/mol. The number of rotatable bonds is 3. The van der Waals surface area contributed by atoms with Crippen molar-refractivity contribution in [2.75, 3.05) is 6.23 Å². The predicted octanol–water partition coefficient (Wildman–Crippen LogP) is 1.32. The molecule has 0 N–H and O–H groups in total. The minimum atomic E-state index is -1.30. The summed E-state index contributed by atoms with van der Waals surface area (Å²) in [4.78, 5) is 10.7. The van der Waals surface area contributed by atoms with Crippen LogP contribution >= 0.6 is 0 Å². The Kier molecular flexibility index (Phi) is 3.83. The molecule has 3 nitrogen and oxygen atoms in total. The number of ether oxygens (including phenoxy) is 1. The van der Waals surface area contributed by atoms with E-state index in [4.69, 9.17) is 10.00 Å². The monoisotopic (exact) mass is 171 g/mol. The quantitative estimate of drug-likeness (QED) is 0.475. The molecule has 0 aliphatic rings. The van der Waals surface area contributed by atoms with Gasteiger partial charge in [-0.1, -0.05) is 19.6 Å². The van der Waals surface area contributed by atoms with Gasteiger partial charge in [-0.05, 0) is 0 Å². The molecule has 0 atom stereocenters. The first-order valence-corrected chi connectivity index (χ1v) is 7.19. The van der Waals surface area contributed by atoms with Crippen molar-refractivity contribution < 1.29 is 9.53 Å². The molecule has 0 spiro atoms. The minimum Gasteiger partial charge on any atom is -0.469 e. The van der Waals surface area contributed by atoms with Gasteiger partial charge in [0, 0.05) is 0 Å². The van der Waals surface area contributed by atoms with Crippen LogP contribution in [-0.4, -0.2) is 20.3 Å². The zero-order chi connectivity index (χ0) is 8.91. The Morgan fingerprint density at radius 1 is 1.55 bits per heavy atom. The Morgan fingerprint density at radius 2 is 2.09 bits per heavy atom. The highest BCUT2D eigenvalue weighted by Crippen LogP contribution is 2.01. The third-order valence-electron chi connectivity index (χ3n) is 0.890. The molecule has 0 amide bonds. The Bertz CT molecular complexity index is 178.